The van der Waals surface area contributed by atoms with Gasteiger partial charge in [-0.25, -0.2) is 0 Å². The summed E-state index contributed by atoms with van der Waals surface area (Å²) in [6.07, 6.45) is 1.62. The molecule has 0 spiro atoms. The molecule has 0 aliphatic carbocycles. The van der Waals surface area contributed by atoms with Crippen molar-refractivity contribution < 1.29 is 9.72 Å². The lowest BCUT2D eigenvalue weighted by molar-refractivity contribution is -0.384. The number of amides is 1. The highest BCUT2D eigenvalue weighted by Crippen LogP contribution is 2.20. The molecule has 0 fully saturated rings. The van der Waals surface area contributed by atoms with Gasteiger partial charge >= 0.3 is 0 Å². The monoisotopic (exact) mass is 282 g/mol. The van der Waals surface area contributed by atoms with Crippen LogP contribution < -0.4 is 5.32 Å². The number of rotatable bonds is 3. The Balaban J connectivity index is 1.91. The Morgan fingerprint density at radius 3 is 2.86 bits per heavy atom. The highest BCUT2D eigenvalue weighted by Gasteiger charge is 2.13. The molecule has 0 bridgehead atoms. The van der Waals surface area contributed by atoms with Crippen molar-refractivity contribution in [2.24, 2.45) is 0 Å². The maximum Gasteiger partial charge on any atom is 0.271 e. The minimum atomic E-state index is -0.509. The highest BCUT2D eigenvalue weighted by molar-refractivity contribution is 6.11. The average Bonchev–Trinajstić information content (AvgIpc) is 2.95. The molecule has 0 aliphatic rings. The van der Waals surface area contributed by atoms with Crippen LogP contribution in [-0.2, 0) is 0 Å². The molecule has 0 aliphatic heterocycles. The van der Waals surface area contributed by atoms with Crippen LogP contribution in [0.1, 0.15) is 10.4 Å². The molecule has 0 saturated carbocycles. The van der Waals surface area contributed by atoms with E-state index in [0.29, 0.717) is 16.8 Å². The van der Waals surface area contributed by atoms with Gasteiger partial charge in [0.2, 0.25) is 0 Å². The maximum atomic E-state index is 12.3. The van der Waals surface area contributed by atoms with E-state index in [1.165, 1.54) is 18.2 Å². The number of nitro groups is 1. The molecule has 2 aromatic carbocycles. The molecule has 104 valence electrons. The maximum absolute atomic E-state index is 12.3. The molecule has 0 unspecified atom stereocenters. The number of H-pyrrole nitrogens is 1. The summed E-state index contributed by atoms with van der Waals surface area (Å²) in [7, 11) is 0. The summed E-state index contributed by atoms with van der Waals surface area (Å²) in [5, 5.41) is 20.9. The number of hydrogen-bond acceptors (Lipinski definition) is 4. The van der Waals surface area contributed by atoms with Gasteiger partial charge < -0.3 is 5.32 Å². The summed E-state index contributed by atoms with van der Waals surface area (Å²) < 4.78 is 0. The number of carbonyl (C=O) groups is 1. The van der Waals surface area contributed by atoms with Gasteiger partial charge in [0.1, 0.15) is 0 Å². The Morgan fingerprint density at radius 1 is 1.24 bits per heavy atom. The summed E-state index contributed by atoms with van der Waals surface area (Å²) in [6, 6.07) is 11.0. The van der Waals surface area contributed by atoms with Gasteiger partial charge in [-0.2, -0.15) is 5.10 Å². The minimum absolute atomic E-state index is 0.0763. The van der Waals surface area contributed by atoms with Crippen LogP contribution in [0.25, 0.3) is 10.9 Å². The van der Waals surface area contributed by atoms with Gasteiger partial charge in [0.25, 0.3) is 11.6 Å². The number of nitrogens with zero attached hydrogens (tertiary/aromatic N) is 2. The zero-order valence-electron chi connectivity index (χ0n) is 10.7. The molecule has 21 heavy (non-hydrogen) atoms. The smallest absolute Gasteiger partial charge is 0.271 e. The van der Waals surface area contributed by atoms with E-state index in [4.69, 9.17) is 0 Å². The fourth-order valence-electron chi connectivity index (χ4n) is 2.05. The van der Waals surface area contributed by atoms with Gasteiger partial charge in [-0.05, 0) is 12.1 Å². The lowest BCUT2D eigenvalue weighted by atomic mass is 10.1. The van der Waals surface area contributed by atoms with Gasteiger partial charge in [0.15, 0.2) is 0 Å². The lowest BCUT2D eigenvalue weighted by Gasteiger charge is -2.05. The number of para-hydroxylation sites is 1. The highest BCUT2D eigenvalue weighted by atomic mass is 16.6. The molecule has 2 N–H and O–H groups in total. The Kier molecular flexibility index (Phi) is 3.07. The van der Waals surface area contributed by atoms with Crippen molar-refractivity contribution >= 4 is 28.2 Å². The largest absolute Gasteiger partial charge is 0.322 e. The van der Waals surface area contributed by atoms with E-state index in [-0.39, 0.29) is 11.6 Å². The molecule has 3 aromatic rings. The van der Waals surface area contributed by atoms with Gasteiger partial charge in [-0.15, -0.1) is 0 Å². The number of carbonyl (C=O) groups excluding carboxylic acids is 1. The Bertz CT molecular complexity index is 841. The number of nitrogens with one attached hydrogen (secondary N) is 2. The third kappa shape index (κ3) is 2.44. The average molecular weight is 282 g/mol. The third-order valence-electron chi connectivity index (χ3n) is 3.04. The van der Waals surface area contributed by atoms with Crippen LogP contribution in [0.15, 0.2) is 48.7 Å². The van der Waals surface area contributed by atoms with E-state index < -0.39 is 4.92 Å². The second-order valence-electron chi connectivity index (χ2n) is 4.40. The second-order valence-corrected chi connectivity index (χ2v) is 4.40. The summed E-state index contributed by atoms with van der Waals surface area (Å²) in [4.78, 5) is 22.5. The van der Waals surface area contributed by atoms with Crippen LogP contribution in [0.4, 0.5) is 11.4 Å². The van der Waals surface area contributed by atoms with Crippen molar-refractivity contribution in [2.45, 2.75) is 0 Å². The van der Waals surface area contributed by atoms with Crippen LogP contribution in [0.3, 0.4) is 0 Å². The number of benzene rings is 2. The van der Waals surface area contributed by atoms with Crippen molar-refractivity contribution in [1.82, 2.24) is 10.2 Å². The van der Waals surface area contributed by atoms with E-state index >= 15 is 0 Å². The van der Waals surface area contributed by atoms with Crippen molar-refractivity contribution in [2.75, 3.05) is 5.32 Å². The molecule has 7 nitrogen and oxygen atoms in total. The Labute approximate surface area is 118 Å². The number of hydrogen-bond donors (Lipinski definition) is 2. The zero-order chi connectivity index (χ0) is 14.8. The van der Waals surface area contributed by atoms with Gasteiger partial charge in [-0.1, -0.05) is 18.2 Å². The van der Waals surface area contributed by atoms with Gasteiger partial charge in [0, 0.05) is 23.2 Å². The summed E-state index contributed by atoms with van der Waals surface area (Å²) in [5.74, 6) is -0.356. The molecular formula is C14H10N4O3. The van der Waals surface area contributed by atoms with Crippen LogP contribution in [0, 0.1) is 10.1 Å². The second kappa shape index (κ2) is 5.04. The molecule has 0 saturated heterocycles. The van der Waals surface area contributed by atoms with Crippen LogP contribution in [-0.4, -0.2) is 21.0 Å². The van der Waals surface area contributed by atoms with Crippen molar-refractivity contribution in [3.05, 3.63) is 64.3 Å². The first-order chi connectivity index (χ1) is 10.1. The van der Waals surface area contributed by atoms with Gasteiger partial charge in [0.05, 0.1) is 22.2 Å². The third-order valence-corrected chi connectivity index (χ3v) is 3.04. The number of aromatic amines is 1. The Hall–Kier alpha value is -3.22. The van der Waals surface area contributed by atoms with Gasteiger partial charge in [-0.3, -0.25) is 20.0 Å². The summed E-state index contributed by atoms with van der Waals surface area (Å²) in [6.45, 7) is 0. The predicted molar refractivity (Wildman–Crippen MR) is 77.1 cm³/mol. The fraction of sp³-hybridized carbons (Fsp3) is 0. The standard InChI is InChI=1S/C14H10N4O3/c19-14(12-6-1-3-9-8-15-17-13(9)12)16-10-4-2-5-11(7-10)18(20)21/h1-8H,(H,15,17)(H,16,19). The zero-order valence-corrected chi connectivity index (χ0v) is 10.7. The first kappa shape index (κ1) is 12.8. The molecule has 0 radical (unpaired) electrons. The molecule has 7 heteroatoms. The topological polar surface area (TPSA) is 101 Å². The van der Waals surface area contributed by atoms with E-state index in [0.717, 1.165) is 5.39 Å². The number of nitro benzene ring substituents is 1. The van der Waals surface area contributed by atoms with Crippen LogP contribution in [0.5, 0.6) is 0 Å². The first-order valence-corrected chi connectivity index (χ1v) is 6.13. The molecule has 1 aromatic heterocycles. The van der Waals surface area contributed by atoms with E-state index in [9.17, 15) is 14.9 Å². The number of fused-ring (bicyclic) bond motifs is 1. The molecular weight excluding hydrogens is 272 g/mol. The molecule has 1 heterocycles. The first-order valence-electron chi connectivity index (χ1n) is 6.13. The van der Waals surface area contributed by atoms with Crippen molar-refractivity contribution in [1.29, 1.82) is 0 Å². The summed E-state index contributed by atoms with van der Waals surface area (Å²) >= 11 is 0. The Morgan fingerprint density at radius 2 is 2.05 bits per heavy atom. The fourth-order valence-corrected chi connectivity index (χ4v) is 2.05. The van der Waals surface area contributed by atoms with Crippen molar-refractivity contribution in [3.63, 3.8) is 0 Å². The van der Waals surface area contributed by atoms with Crippen LogP contribution >= 0.6 is 0 Å². The number of aromatic nitrogens is 2. The van der Waals surface area contributed by atoms with E-state index in [1.54, 1.807) is 24.4 Å². The van der Waals surface area contributed by atoms with Crippen molar-refractivity contribution in [3.8, 4) is 0 Å². The molecule has 3 rings (SSSR count). The lowest BCUT2D eigenvalue weighted by Crippen LogP contribution is -2.12. The molecule has 0 atom stereocenters. The van der Waals surface area contributed by atoms with E-state index in [2.05, 4.69) is 15.5 Å². The number of non-ortho nitro benzene ring substituents is 1. The van der Waals surface area contributed by atoms with Crippen LogP contribution in [0.2, 0.25) is 0 Å². The summed E-state index contributed by atoms with van der Waals surface area (Å²) in [5.41, 5.74) is 1.34. The number of anilines is 1. The quantitative estimate of drug-likeness (QED) is 0.569. The normalized spacial score (nSPS) is 10.5. The predicted octanol–water partition coefficient (Wildman–Crippen LogP) is 2.72. The molecule has 1 amide bonds. The minimum Gasteiger partial charge on any atom is -0.322 e. The van der Waals surface area contributed by atoms with E-state index in [1.807, 2.05) is 6.07 Å². The SMILES string of the molecule is O=C(Nc1cccc([N+](=O)[O-])c1)c1cccc2cn[nH]c12.